The molecule has 0 N–H and O–H groups in total. The van der Waals surface area contributed by atoms with E-state index in [1.807, 2.05) is 24.3 Å². The Morgan fingerprint density at radius 3 is 2.21 bits per heavy atom. The highest BCUT2D eigenvalue weighted by Gasteiger charge is 2.22. The van der Waals surface area contributed by atoms with Gasteiger partial charge in [0, 0.05) is 15.5 Å². The summed E-state index contributed by atoms with van der Waals surface area (Å²) in [7, 11) is 0. The van der Waals surface area contributed by atoms with Crippen molar-refractivity contribution >= 4 is 50.1 Å². The van der Waals surface area contributed by atoms with Gasteiger partial charge in [0.05, 0.1) is 9.26 Å². The van der Waals surface area contributed by atoms with Crippen molar-refractivity contribution in [3.05, 3.63) is 43.2 Å². The first-order chi connectivity index (χ1) is 8.79. The smallest absolute Gasteiger partial charge is 0.161 e. The first-order valence-electron chi connectivity index (χ1n) is 5.78. The van der Waals surface area contributed by atoms with Crippen molar-refractivity contribution in [2.45, 2.75) is 26.2 Å². The van der Waals surface area contributed by atoms with Crippen LogP contribution in [0.15, 0.2) is 28.7 Å². The van der Waals surface area contributed by atoms with Gasteiger partial charge in [-0.1, -0.05) is 60.4 Å². The largest absolute Gasteiger partial charge is 0.231 e. The van der Waals surface area contributed by atoms with Crippen molar-refractivity contribution in [3.8, 4) is 11.4 Å². The molecule has 2 rings (SSSR count). The van der Waals surface area contributed by atoms with Crippen LogP contribution in [0.4, 0.5) is 0 Å². The highest BCUT2D eigenvalue weighted by molar-refractivity contribution is 14.1. The molecule has 2 aromatic rings. The van der Waals surface area contributed by atoms with Crippen LogP contribution in [0.25, 0.3) is 11.4 Å². The summed E-state index contributed by atoms with van der Waals surface area (Å²) in [6.45, 7) is 6.37. The van der Waals surface area contributed by atoms with Gasteiger partial charge >= 0.3 is 0 Å². The highest BCUT2D eigenvalue weighted by atomic mass is 127. The van der Waals surface area contributed by atoms with E-state index in [2.05, 4.69) is 69.3 Å². The number of halogens is 3. The molecule has 100 valence electrons. The summed E-state index contributed by atoms with van der Waals surface area (Å²) < 4.78 is 1.96. The second kappa shape index (κ2) is 5.66. The average molecular weight is 452 g/mol. The van der Waals surface area contributed by atoms with E-state index in [-0.39, 0.29) is 5.41 Å². The minimum Gasteiger partial charge on any atom is -0.231 e. The van der Waals surface area contributed by atoms with E-state index >= 15 is 0 Å². The normalized spacial score (nSPS) is 11.7. The maximum atomic E-state index is 6.24. The molecular formula is C14H13BrClIN2. The van der Waals surface area contributed by atoms with Gasteiger partial charge in [0.2, 0.25) is 0 Å². The molecule has 1 aromatic carbocycles. The molecule has 0 spiro atoms. The molecule has 0 atom stereocenters. The highest BCUT2D eigenvalue weighted by Crippen LogP contribution is 2.31. The summed E-state index contributed by atoms with van der Waals surface area (Å²) in [6.07, 6.45) is 0. The average Bonchev–Trinajstić information content (AvgIpc) is 2.32. The van der Waals surface area contributed by atoms with Crippen molar-refractivity contribution in [3.63, 3.8) is 0 Å². The summed E-state index contributed by atoms with van der Waals surface area (Å²) in [6, 6.07) is 7.91. The molecule has 0 amide bonds. The van der Waals surface area contributed by atoms with Crippen LogP contribution in [-0.4, -0.2) is 9.97 Å². The summed E-state index contributed by atoms with van der Waals surface area (Å²) in [5.74, 6) is 0.669. The van der Waals surface area contributed by atoms with Crippen LogP contribution in [0, 0.1) is 3.57 Å². The fraction of sp³-hybridized carbons (Fsp3) is 0.286. The summed E-state index contributed by atoms with van der Waals surface area (Å²) >= 11 is 11.9. The third kappa shape index (κ3) is 3.47. The Kier molecular flexibility index (Phi) is 4.52. The predicted octanol–water partition coefficient (Wildman–Crippen LogP) is 5.46. The quantitative estimate of drug-likeness (QED) is 0.425. The molecule has 0 saturated heterocycles. The Morgan fingerprint density at radius 2 is 1.68 bits per heavy atom. The predicted molar refractivity (Wildman–Crippen MR) is 91.6 cm³/mol. The molecule has 0 aliphatic heterocycles. The minimum atomic E-state index is -0.0623. The van der Waals surface area contributed by atoms with Gasteiger partial charge in [0.25, 0.3) is 0 Å². The van der Waals surface area contributed by atoms with E-state index in [1.165, 1.54) is 0 Å². The van der Waals surface area contributed by atoms with Gasteiger partial charge in [-0.3, -0.25) is 0 Å². The van der Waals surface area contributed by atoms with Crippen LogP contribution < -0.4 is 0 Å². The maximum Gasteiger partial charge on any atom is 0.161 e. The summed E-state index contributed by atoms with van der Waals surface area (Å²) in [5, 5.41) is 0.512. The van der Waals surface area contributed by atoms with Crippen LogP contribution in [-0.2, 0) is 5.41 Å². The molecule has 2 nitrogen and oxygen atoms in total. The van der Waals surface area contributed by atoms with Gasteiger partial charge < -0.3 is 0 Å². The van der Waals surface area contributed by atoms with Crippen molar-refractivity contribution in [2.24, 2.45) is 0 Å². The van der Waals surface area contributed by atoms with Crippen LogP contribution in [0.1, 0.15) is 26.5 Å². The molecule has 0 radical (unpaired) electrons. The number of nitrogens with zero attached hydrogens (tertiary/aromatic N) is 2. The fourth-order valence-electron chi connectivity index (χ4n) is 1.64. The first kappa shape index (κ1) is 15.2. The van der Waals surface area contributed by atoms with Crippen LogP contribution in [0.2, 0.25) is 5.15 Å². The van der Waals surface area contributed by atoms with E-state index in [1.54, 1.807) is 0 Å². The zero-order valence-electron chi connectivity index (χ0n) is 10.8. The standard InChI is InChI=1S/C14H13BrClIN2/c1-14(2,3)11-10(17)12(16)19-13(18-11)8-4-6-9(15)7-5-8/h4-7H,1-3H3. The molecule has 0 bridgehead atoms. The van der Waals surface area contributed by atoms with E-state index < -0.39 is 0 Å². The molecule has 0 fully saturated rings. The van der Waals surface area contributed by atoms with Gasteiger partial charge in [-0.05, 0) is 34.7 Å². The Hall–Kier alpha value is -0.200. The molecule has 19 heavy (non-hydrogen) atoms. The monoisotopic (exact) mass is 450 g/mol. The molecule has 0 unspecified atom stereocenters. The van der Waals surface area contributed by atoms with E-state index in [0.717, 1.165) is 19.3 Å². The van der Waals surface area contributed by atoms with Crippen molar-refractivity contribution in [2.75, 3.05) is 0 Å². The second-order valence-electron chi connectivity index (χ2n) is 5.26. The molecule has 5 heteroatoms. The number of aromatic nitrogens is 2. The molecule has 0 aliphatic rings. The lowest BCUT2D eigenvalue weighted by Crippen LogP contribution is -2.17. The summed E-state index contributed by atoms with van der Waals surface area (Å²) in [5.41, 5.74) is 1.88. The second-order valence-corrected chi connectivity index (χ2v) is 7.61. The van der Waals surface area contributed by atoms with Gasteiger partial charge in [-0.2, -0.15) is 0 Å². The van der Waals surface area contributed by atoms with E-state index in [4.69, 9.17) is 11.6 Å². The first-order valence-corrected chi connectivity index (χ1v) is 8.03. The zero-order chi connectivity index (χ0) is 14.2. The van der Waals surface area contributed by atoms with Crippen LogP contribution in [0.3, 0.4) is 0 Å². The number of benzene rings is 1. The van der Waals surface area contributed by atoms with Gasteiger partial charge in [0.1, 0.15) is 5.15 Å². The zero-order valence-corrected chi connectivity index (χ0v) is 15.3. The molecular weight excluding hydrogens is 438 g/mol. The van der Waals surface area contributed by atoms with Gasteiger partial charge in [-0.15, -0.1) is 0 Å². The van der Waals surface area contributed by atoms with Crippen LogP contribution >= 0.6 is 50.1 Å². The molecule has 1 heterocycles. The third-order valence-corrected chi connectivity index (χ3v) is 4.77. The molecule has 1 aromatic heterocycles. The number of hydrogen-bond donors (Lipinski definition) is 0. The lowest BCUT2D eigenvalue weighted by molar-refractivity contribution is 0.563. The third-order valence-electron chi connectivity index (χ3n) is 2.62. The lowest BCUT2D eigenvalue weighted by atomic mass is 9.92. The topological polar surface area (TPSA) is 25.8 Å². The van der Waals surface area contributed by atoms with Crippen molar-refractivity contribution < 1.29 is 0 Å². The van der Waals surface area contributed by atoms with E-state index in [9.17, 15) is 0 Å². The Bertz CT molecular complexity index is 606. The van der Waals surface area contributed by atoms with E-state index in [0.29, 0.717) is 11.0 Å². The fourth-order valence-corrected chi connectivity index (χ4v) is 3.13. The number of hydrogen-bond acceptors (Lipinski definition) is 2. The van der Waals surface area contributed by atoms with Gasteiger partial charge in [0.15, 0.2) is 5.82 Å². The van der Waals surface area contributed by atoms with Crippen molar-refractivity contribution in [1.82, 2.24) is 9.97 Å². The maximum absolute atomic E-state index is 6.24. The Balaban J connectivity index is 2.60. The lowest BCUT2D eigenvalue weighted by Gasteiger charge is -2.20. The van der Waals surface area contributed by atoms with Crippen LogP contribution in [0.5, 0.6) is 0 Å². The molecule has 0 aliphatic carbocycles. The Labute approximate surface area is 140 Å². The van der Waals surface area contributed by atoms with Crippen molar-refractivity contribution in [1.29, 1.82) is 0 Å². The minimum absolute atomic E-state index is 0.0623. The van der Waals surface area contributed by atoms with Gasteiger partial charge in [-0.25, -0.2) is 9.97 Å². The number of rotatable bonds is 1. The summed E-state index contributed by atoms with van der Waals surface area (Å²) in [4.78, 5) is 9.06. The Morgan fingerprint density at radius 1 is 1.11 bits per heavy atom. The molecule has 0 saturated carbocycles. The SMILES string of the molecule is CC(C)(C)c1nc(-c2ccc(Br)cc2)nc(Cl)c1I.